The van der Waals surface area contributed by atoms with Gasteiger partial charge in [-0.1, -0.05) is 23.9 Å². The molecule has 156 valence electrons. The number of carboxylic acids is 1. The number of aromatic nitrogens is 1. The van der Waals surface area contributed by atoms with Crippen molar-refractivity contribution in [1.29, 1.82) is 0 Å². The Bertz CT molecular complexity index is 1070. The van der Waals surface area contributed by atoms with Crippen LogP contribution in [-0.2, 0) is 20.8 Å². The van der Waals surface area contributed by atoms with Crippen LogP contribution in [0.5, 0.6) is 0 Å². The summed E-state index contributed by atoms with van der Waals surface area (Å²) < 4.78 is 0.947. The Kier molecular flexibility index (Phi) is 6.27. The molecule has 4 rings (SSSR count). The highest BCUT2D eigenvalue weighted by Gasteiger charge is 2.49. The predicted molar refractivity (Wildman–Crippen MR) is 125 cm³/mol. The standard InChI is InChI=1S/C18H15IN4O4S3/c19-9-3-1-2-4-10(9)29-15-14(17(26)27)23-12(25)6-13(23)30-16(15)22-11(24)5-8-7-28-18(20)21-8/h1-4,7,13,16H,5-6H2,(H2,20,21)(H,22,24)(H,26,27)/t13-,16?/m1/s1. The Hall–Kier alpha value is -1.77. The lowest BCUT2D eigenvalue weighted by Crippen LogP contribution is -2.57. The number of nitrogens with zero attached hydrogens (tertiary/aromatic N) is 2. The number of hydrogen-bond acceptors (Lipinski definition) is 8. The first-order chi connectivity index (χ1) is 14.3. The van der Waals surface area contributed by atoms with E-state index in [9.17, 15) is 19.5 Å². The predicted octanol–water partition coefficient (Wildman–Crippen LogP) is 2.71. The fraction of sp³-hybridized carbons (Fsp3) is 0.222. The molecule has 2 aromatic rings. The number of fused-ring (bicyclic) bond motifs is 1. The maximum absolute atomic E-state index is 12.6. The van der Waals surface area contributed by atoms with E-state index in [1.807, 2.05) is 24.3 Å². The molecule has 2 atom stereocenters. The van der Waals surface area contributed by atoms with Crippen molar-refractivity contribution in [2.24, 2.45) is 0 Å². The van der Waals surface area contributed by atoms with Gasteiger partial charge >= 0.3 is 5.97 Å². The highest BCUT2D eigenvalue weighted by Crippen LogP contribution is 2.48. The summed E-state index contributed by atoms with van der Waals surface area (Å²) in [7, 11) is 0. The molecule has 8 nitrogen and oxygen atoms in total. The lowest BCUT2D eigenvalue weighted by Gasteiger charge is -2.46. The molecule has 30 heavy (non-hydrogen) atoms. The van der Waals surface area contributed by atoms with E-state index in [4.69, 9.17) is 5.73 Å². The molecule has 1 aromatic heterocycles. The topological polar surface area (TPSA) is 126 Å². The summed E-state index contributed by atoms with van der Waals surface area (Å²) in [4.78, 5) is 43.5. The second-order valence-electron chi connectivity index (χ2n) is 6.41. The van der Waals surface area contributed by atoms with Gasteiger partial charge in [0.25, 0.3) is 0 Å². The largest absolute Gasteiger partial charge is 0.477 e. The van der Waals surface area contributed by atoms with Gasteiger partial charge in [0.1, 0.15) is 11.1 Å². The van der Waals surface area contributed by atoms with Gasteiger partial charge in [-0.2, -0.15) is 0 Å². The van der Waals surface area contributed by atoms with Crippen molar-refractivity contribution in [2.45, 2.75) is 28.5 Å². The van der Waals surface area contributed by atoms with Crippen LogP contribution in [0.4, 0.5) is 5.13 Å². The lowest BCUT2D eigenvalue weighted by molar-refractivity contribution is -0.146. The third-order valence-corrected chi connectivity index (χ3v) is 9.09. The van der Waals surface area contributed by atoms with E-state index in [-0.39, 0.29) is 35.7 Å². The molecule has 1 unspecified atom stereocenters. The Morgan fingerprint density at radius 2 is 2.17 bits per heavy atom. The van der Waals surface area contributed by atoms with Crippen molar-refractivity contribution in [3.05, 3.63) is 49.5 Å². The third kappa shape index (κ3) is 4.31. The lowest BCUT2D eigenvalue weighted by atomic mass is 10.1. The van der Waals surface area contributed by atoms with E-state index in [1.54, 1.807) is 5.38 Å². The number of benzene rings is 1. The van der Waals surface area contributed by atoms with E-state index in [0.29, 0.717) is 15.7 Å². The molecule has 2 amide bonds. The van der Waals surface area contributed by atoms with Crippen LogP contribution in [0.1, 0.15) is 12.1 Å². The number of anilines is 1. The van der Waals surface area contributed by atoms with Gasteiger partial charge in [-0.05, 0) is 34.7 Å². The molecular formula is C18H15IN4O4S3. The van der Waals surface area contributed by atoms with Crippen LogP contribution in [0.3, 0.4) is 0 Å². The number of rotatable bonds is 6. The van der Waals surface area contributed by atoms with Crippen LogP contribution in [0.2, 0.25) is 0 Å². The minimum absolute atomic E-state index is 0.0430. The fourth-order valence-corrected chi connectivity index (χ4v) is 6.97. The van der Waals surface area contributed by atoms with E-state index >= 15 is 0 Å². The van der Waals surface area contributed by atoms with Gasteiger partial charge < -0.3 is 16.2 Å². The third-order valence-electron chi connectivity index (χ3n) is 4.37. The molecule has 0 bridgehead atoms. The number of β-lactam (4-membered cyclic amide) rings is 1. The highest BCUT2D eigenvalue weighted by atomic mass is 127. The number of thioether (sulfide) groups is 2. The maximum Gasteiger partial charge on any atom is 0.353 e. The number of aliphatic carboxylic acids is 1. The average Bonchev–Trinajstić information content (AvgIpc) is 3.08. The molecule has 0 spiro atoms. The molecule has 0 radical (unpaired) electrons. The summed E-state index contributed by atoms with van der Waals surface area (Å²) in [5.74, 6) is -1.70. The molecule has 0 aliphatic carbocycles. The number of nitrogens with one attached hydrogen (secondary N) is 1. The first kappa shape index (κ1) is 21.5. The number of nitrogens with two attached hydrogens (primary N) is 1. The molecule has 2 aliphatic rings. The Balaban J connectivity index is 1.65. The summed E-state index contributed by atoms with van der Waals surface area (Å²) >= 11 is 6.06. The van der Waals surface area contributed by atoms with Gasteiger partial charge in [0, 0.05) is 13.8 Å². The Morgan fingerprint density at radius 1 is 1.40 bits per heavy atom. The molecule has 12 heteroatoms. The average molecular weight is 574 g/mol. The zero-order valence-electron chi connectivity index (χ0n) is 15.2. The maximum atomic E-state index is 12.6. The Morgan fingerprint density at radius 3 is 2.80 bits per heavy atom. The van der Waals surface area contributed by atoms with Crippen LogP contribution < -0.4 is 11.1 Å². The minimum Gasteiger partial charge on any atom is -0.477 e. The van der Waals surface area contributed by atoms with Crippen molar-refractivity contribution >= 4 is 80.4 Å². The molecule has 2 aliphatic heterocycles. The van der Waals surface area contributed by atoms with Crippen molar-refractivity contribution in [3.8, 4) is 0 Å². The van der Waals surface area contributed by atoms with Crippen LogP contribution in [0.15, 0.2) is 45.1 Å². The fourth-order valence-electron chi connectivity index (χ4n) is 3.05. The summed E-state index contributed by atoms with van der Waals surface area (Å²) in [6.45, 7) is 0. The van der Waals surface area contributed by atoms with Gasteiger partial charge in [0.2, 0.25) is 11.8 Å². The summed E-state index contributed by atoms with van der Waals surface area (Å²) in [6.07, 6.45) is 0.290. The van der Waals surface area contributed by atoms with Gasteiger partial charge in [-0.25, -0.2) is 9.78 Å². The van der Waals surface area contributed by atoms with Crippen LogP contribution in [0.25, 0.3) is 0 Å². The smallest absolute Gasteiger partial charge is 0.353 e. The van der Waals surface area contributed by atoms with Crippen molar-refractivity contribution in [2.75, 3.05) is 5.73 Å². The zero-order valence-corrected chi connectivity index (χ0v) is 19.8. The number of carbonyl (C=O) groups is 3. The number of amides is 2. The first-order valence-electron chi connectivity index (χ1n) is 8.70. The molecule has 0 saturated carbocycles. The minimum atomic E-state index is -1.19. The van der Waals surface area contributed by atoms with Gasteiger partial charge in [-0.15, -0.1) is 23.1 Å². The zero-order chi connectivity index (χ0) is 21.4. The molecule has 3 heterocycles. The number of halogens is 1. The molecular weight excluding hydrogens is 559 g/mol. The molecule has 1 saturated heterocycles. The van der Waals surface area contributed by atoms with E-state index in [1.165, 1.54) is 39.8 Å². The SMILES string of the molecule is Nc1nc(CC(=O)NC2S[C@@H]3CC(=O)N3C(C(=O)O)=C2Sc2ccccc2I)cs1. The number of nitrogen functional groups attached to an aromatic ring is 1. The Labute approximate surface area is 197 Å². The van der Waals surface area contributed by atoms with Gasteiger partial charge in [0.15, 0.2) is 5.13 Å². The number of carbonyl (C=O) groups excluding carboxylic acids is 2. The second kappa shape index (κ2) is 8.77. The van der Waals surface area contributed by atoms with Crippen molar-refractivity contribution in [3.63, 3.8) is 0 Å². The normalized spacial score (nSPS) is 20.6. The van der Waals surface area contributed by atoms with Gasteiger partial charge in [0.05, 0.1) is 28.8 Å². The van der Waals surface area contributed by atoms with Crippen LogP contribution >= 0.6 is 57.5 Å². The molecule has 1 fully saturated rings. The summed E-state index contributed by atoms with van der Waals surface area (Å²) in [5, 5.41) is 14.0. The monoisotopic (exact) mass is 574 g/mol. The molecule has 4 N–H and O–H groups in total. The van der Waals surface area contributed by atoms with Gasteiger partial charge in [-0.3, -0.25) is 14.5 Å². The first-order valence-corrected chi connectivity index (χ1v) is 12.4. The summed E-state index contributed by atoms with van der Waals surface area (Å²) in [5.41, 5.74) is 6.12. The number of thiazole rings is 1. The number of hydrogen-bond donors (Lipinski definition) is 3. The number of carboxylic acid groups (broad SMARTS) is 1. The van der Waals surface area contributed by atoms with Crippen molar-refractivity contribution < 1.29 is 19.5 Å². The van der Waals surface area contributed by atoms with Crippen LogP contribution in [-0.4, -0.2) is 43.5 Å². The summed E-state index contributed by atoms with van der Waals surface area (Å²) in [6, 6.07) is 7.54. The highest BCUT2D eigenvalue weighted by molar-refractivity contribution is 14.1. The van der Waals surface area contributed by atoms with E-state index < -0.39 is 11.3 Å². The van der Waals surface area contributed by atoms with Crippen molar-refractivity contribution in [1.82, 2.24) is 15.2 Å². The second-order valence-corrected chi connectivity index (χ2v) is 10.8. The quantitative estimate of drug-likeness (QED) is 0.356. The molecule has 1 aromatic carbocycles. The van der Waals surface area contributed by atoms with E-state index in [0.717, 1.165) is 8.47 Å². The van der Waals surface area contributed by atoms with E-state index in [2.05, 4.69) is 32.9 Å². The van der Waals surface area contributed by atoms with Crippen LogP contribution in [0, 0.1) is 3.57 Å².